The number of aliphatic imine (C=N–C) groups is 1. The van der Waals surface area contributed by atoms with Crippen molar-refractivity contribution in [2.24, 2.45) is 16.8 Å². The summed E-state index contributed by atoms with van der Waals surface area (Å²) in [5.41, 5.74) is 2.18. The monoisotopic (exact) mass is 338 g/mol. The van der Waals surface area contributed by atoms with E-state index in [1.165, 1.54) is 4.90 Å². The first-order chi connectivity index (χ1) is 12.0. The van der Waals surface area contributed by atoms with Crippen LogP contribution in [0.25, 0.3) is 0 Å². The number of hydrogen-bond donors (Lipinski definition) is 0. The van der Waals surface area contributed by atoms with Crippen molar-refractivity contribution < 1.29 is 14.2 Å². The summed E-state index contributed by atoms with van der Waals surface area (Å²) in [5.74, 6) is 0.311. The summed E-state index contributed by atoms with van der Waals surface area (Å²) in [6.45, 7) is 7.07. The molecule has 0 saturated heterocycles. The van der Waals surface area contributed by atoms with Crippen molar-refractivity contribution >= 4 is 24.0 Å². The van der Waals surface area contributed by atoms with E-state index in [0.717, 1.165) is 17.5 Å². The summed E-state index contributed by atoms with van der Waals surface area (Å²) in [7, 11) is 0. The molecule has 130 valence electrons. The van der Waals surface area contributed by atoms with E-state index in [0.29, 0.717) is 24.8 Å². The van der Waals surface area contributed by atoms with Gasteiger partial charge in [-0.05, 0) is 36.5 Å². The number of aryl methyl sites for hydroxylation is 1. The van der Waals surface area contributed by atoms with Gasteiger partial charge in [0.1, 0.15) is 12.8 Å². The average molecular weight is 338 g/mol. The molecule has 2 heterocycles. The number of allylic oxidation sites excluding steroid dienone is 1. The molecule has 3 amide bonds. The number of hydrogen-bond acceptors (Lipinski definition) is 3. The zero-order valence-electron chi connectivity index (χ0n) is 15.0. The SMILES string of the molecule is Cc1ccccc1C[N+]1=C2N=CC=CC2C(=O)N(CCC(C)C)C1=O. The molecule has 0 fully saturated rings. The first kappa shape index (κ1) is 17.3. The number of amides is 3. The van der Waals surface area contributed by atoms with Crippen LogP contribution in [-0.2, 0) is 11.3 Å². The molecule has 1 aromatic carbocycles. The molecule has 0 aromatic heterocycles. The summed E-state index contributed by atoms with van der Waals surface area (Å²) in [6.07, 6.45) is 6.03. The predicted molar refractivity (Wildman–Crippen MR) is 97.8 cm³/mol. The van der Waals surface area contributed by atoms with Crippen LogP contribution < -0.4 is 0 Å². The molecule has 2 aliphatic heterocycles. The number of benzene rings is 1. The van der Waals surface area contributed by atoms with Crippen LogP contribution >= 0.6 is 0 Å². The minimum absolute atomic E-state index is 0.171. The summed E-state index contributed by atoms with van der Waals surface area (Å²) >= 11 is 0. The van der Waals surface area contributed by atoms with Gasteiger partial charge in [-0.3, -0.25) is 4.79 Å². The molecular weight excluding hydrogens is 314 g/mol. The third-order valence-electron chi connectivity index (χ3n) is 4.66. The maximum Gasteiger partial charge on any atom is 0.446 e. The Morgan fingerprint density at radius 1 is 1.24 bits per heavy atom. The Kier molecular flexibility index (Phi) is 4.93. The Morgan fingerprint density at radius 3 is 2.72 bits per heavy atom. The van der Waals surface area contributed by atoms with Gasteiger partial charge in [0.25, 0.3) is 5.84 Å². The van der Waals surface area contributed by atoms with E-state index in [9.17, 15) is 9.59 Å². The lowest BCUT2D eigenvalue weighted by Gasteiger charge is -2.27. The second kappa shape index (κ2) is 7.13. The van der Waals surface area contributed by atoms with Crippen LogP contribution in [0, 0.1) is 18.8 Å². The van der Waals surface area contributed by atoms with Gasteiger partial charge in [-0.15, -0.1) is 4.99 Å². The minimum Gasteiger partial charge on any atom is -0.255 e. The smallest absolute Gasteiger partial charge is 0.255 e. The van der Waals surface area contributed by atoms with Crippen molar-refractivity contribution in [2.75, 3.05) is 6.54 Å². The lowest BCUT2D eigenvalue weighted by atomic mass is 10.0. The van der Waals surface area contributed by atoms with Gasteiger partial charge in [-0.1, -0.05) is 44.2 Å². The lowest BCUT2D eigenvalue weighted by molar-refractivity contribution is -0.458. The highest BCUT2D eigenvalue weighted by molar-refractivity contribution is 6.14. The summed E-state index contributed by atoms with van der Waals surface area (Å²) in [6, 6.07) is 7.71. The molecule has 5 nitrogen and oxygen atoms in total. The highest BCUT2D eigenvalue weighted by Gasteiger charge is 2.46. The van der Waals surface area contributed by atoms with Gasteiger partial charge < -0.3 is 0 Å². The Hall–Kier alpha value is -2.56. The zero-order chi connectivity index (χ0) is 18.0. The Labute approximate surface area is 148 Å². The van der Waals surface area contributed by atoms with E-state index in [1.54, 1.807) is 16.9 Å². The minimum atomic E-state index is -0.473. The molecule has 5 heteroatoms. The second-order valence-corrected chi connectivity index (χ2v) is 6.97. The molecule has 1 unspecified atom stereocenters. The van der Waals surface area contributed by atoms with Gasteiger partial charge in [0, 0.05) is 0 Å². The molecule has 0 saturated carbocycles. The van der Waals surface area contributed by atoms with Crippen LogP contribution in [-0.4, -0.2) is 40.0 Å². The molecule has 3 rings (SSSR count). The maximum atomic E-state index is 13.0. The Balaban J connectivity index is 1.99. The maximum absolute atomic E-state index is 13.0. The van der Waals surface area contributed by atoms with E-state index in [4.69, 9.17) is 0 Å². The molecule has 0 aliphatic carbocycles. The zero-order valence-corrected chi connectivity index (χ0v) is 15.0. The van der Waals surface area contributed by atoms with Crippen molar-refractivity contribution in [1.82, 2.24) is 4.90 Å². The molecule has 0 spiro atoms. The number of fused-ring (bicyclic) bond motifs is 1. The van der Waals surface area contributed by atoms with Crippen LogP contribution in [0.3, 0.4) is 0 Å². The van der Waals surface area contributed by atoms with E-state index in [2.05, 4.69) is 18.8 Å². The standard InChI is InChI=1S/C20H24N3O2/c1-14(2)10-12-22-19(24)17-9-6-11-21-18(17)23(20(22)25)13-16-8-5-4-7-15(16)3/h4-9,11,14,17H,10,12-13H2,1-3H3/q+1. The molecule has 2 aliphatic rings. The van der Waals surface area contributed by atoms with Gasteiger partial charge in [0.05, 0.1) is 6.54 Å². The number of nitrogens with zero attached hydrogens (tertiary/aromatic N) is 3. The molecule has 1 atom stereocenters. The van der Waals surface area contributed by atoms with Crippen molar-refractivity contribution in [3.8, 4) is 0 Å². The van der Waals surface area contributed by atoms with Gasteiger partial charge in [-0.25, -0.2) is 4.79 Å². The van der Waals surface area contributed by atoms with Gasteiger partial charge in [-0.2, -0.15) is 9.48 Å². The molecular formula is C20H24N3O2+. The Bertz CT molecular complexity index is 790. The quantitative estimate of drug-likeness (QED) is 0.774. The van der Waals surface area contributed by atoms with E-state index in [1.807, 2.05) is 37.3 Å². The fourth-order valence-electron chi connectivity index (χ4n) is 3.08. The Morgan fingerprint density at radius 2 is 2.00 bits per heavy atom. The van der Waals surface area contributed by atoms with Crippen molar-refractivity contribution in [2.45, 2.75) is 33.7 Å². The fourth-order valence-corrected chi connectivity index (χ4v) is 3.08. The summed E-state index contributed by atoms with van der Waals surface area (Å²) in [4.78, 5) is 31.5. The van der Waals surface area contributed by atoms with Crippen LogP contribution in [0.15, 0.2) is 41.4 Å². The van der Waals surface area contributed by atoms with Crippen LogP contribution in [0.4, 0.5) is 4.79 Å². The summed E-state index contributed by atoms with van der Waals surface area (Å²) < 4.78 is 1.65. The second-order valence-electron chi connectivity index (χ2n) is 6.97. The van der Waals surface area contributed by atoms with Crippen LogP contribution in [0.1, 0.15) is 31.4 Å². The van der Waals surface area contributed by atoms with E-state index >= 15 is 0 Å². The highest BCUT2D eigenvalue weighted by Crippen LogP contribution is 2.22. The highest BCUT2D eigenvalue weighted by atomic mass is 16.2. The first-order valence-electron chi connectivity index (χ1n) is 8.74. The number of amidine groups is 1. The van der Waals surface area contributed by atoms with Crippen molar-refractivity contribution in [3.05, 3.63) is 47.5 Å². The van der Waals surface area contributed by atoms with E-state index < -0.39 is 5.92 Å². The number of carbonyl (C=O) groups excluding carboxylic acids is 2. The normalized spacial score (nSPS) is 19.8. The molecule has 0 radical (unpaired) electrons. The third-order valence-corrected chi connectivity index (χ3v) is 4.66. The number of dihydropyridines is 1. The third kappa shape index (κ3) is 3.45. The molecule has 0 N–H and O–H groups in total. The summed E-state index contributed by atoms with van der Waals surface area (Å²) in [5, 5.41) is 0. The number of rotatable bonds is 5. The predicted octanol–water partition coefficient (Wildman–Crippen LogP) is 3.17. The van der Waals surface area contributed by atoms with Crippen LogP contribution in [0.2, 0.25) is 0 Å². The molecule has 0 bridgehead atoms. The first-order valence-corrected chi connectivity index (χ1v) is 8.74. The van der Waals surface area contributed by atoms with Crippen molar-refractivity contribution in [3.63, 3.8) is 0 Å². The fraction of sp³-hybridized carbons (Fsp3) is 0.400. The topological polar surface area (TPSA) is 52.8 Å². The number of carbonyl (C=O) groups is 2. The lowest BCUT2D eigenvalue weighted by Crippen LogP contribution is -2.54. The average Bonchev–Trinajstić information content (AvgIpc) is 2.60. The van der Waals surface area contributed by atoms with Gasteiger partial charge >= 0.3 is 11.9 Å². The number of imide groups is 1. The van der Waals surface area contributed by atoms with Crippen LogP contribution in [0.5, 0.6) is 0 Å². The van der Waals surface area contributed by atoms with Gasteiger partial charge in [0.2, 0.25) is 0 Å². The van der Waals surface area contributed by atoms with Crippen molar-refractivity contribution in [1.29, 1.82) is 0 Å². The van der Waals surface area contributed by atoms with E-state index in [-0.39, 0.29) is 11.9 Å². The molecule has 25 heavy (non-hydrogen) atoms. The largest absolute Gasteiger partial charge is 0.446 e. The van der Waals surface area contributed by atoms with Gasteiger partial charge in [0.15, 0.2) is 5.92 Å². The molecule has 1 aromatic rings. The number of urea groups is 1.